The average Bonchev–Trinajstić information content (AvgIpc) is 2.41. The number of benzene rings is 1. The van der Waals surface area contributed by atoms with Crippen molar-refractivity contribution < 1.29 is 9.69 Å². The van der Waals surface area contributed by atoms with Gasteiger partial charge in [-0.05, 0) is 12.1 Å². The van der Waals surface area contributed by atoms with Crippen LogP contribution >= 0.6 is 0 Å². The van der Waals surface area contributed by atoms with E-state index in [2.05, 4.69) is 11.9 Å². The quantitative estimate of drug-likeness (QED) is 0.739. The van der Waals surface area contributed by atoms with Crippen molar-refractivity contribution in [2.75, 3.05) is 44.7 Å². The molecule has 1 N–H and O–H groups in total. The lowest BCUT2D eigenvalue weighted by Crippen LogP contribution is -3.10. The first-order valence-electron chi connectivity index (χ1n) is 6.37. The minimum atomic E-state index is 0.147. The fourth-order valence-electron chi connectivity index (χ4n) is 2.12. The van der Waals surface area contributed by atoms with Gasteiger partial charge in [-0.2, -0.15) is 7.05 Å². The van der Waals surface area contributed by atoms with Crippen LogP contribution in [0.4, 0.5) is 5.69 Å². The largest absolute Gasteiger partial charge is 0.466 e. The maximum absolute atomic E-state index is 12.2. The Kier molecular flexibility index (Phi) is 4.33. The second kappa shape index (κ2) is 5.98. The molecule has 1 aromatic rings. The molecule has 98 valence electrons. The molecule has 2 rings (SSSR count). The number of likely N-dealkylation sites (N-methyl/N-ethyl adjacent to an activating group) is 1. The van der Waals surface area contributed by atoms with Crippen molar-refractivity contribution in [1.82, 2.24) is 4.90 Å². The molecule has 0 spiro atoms. The molecular weight excluding hydrogens is 226 g/mol. The number of piperazine rings is 1. The van der Waals surface area contributed by atoms with E-state index in [4.69, 9.17) is 0 Å². The zero-order valence-electron chi connectivity index (χ0n) is 10.9. The van der Waals surface area contributed by atoms with Crippen LogP contribution < -0.4 is 9.80 Å². The summed E-state index contributed by atoms with van der Waals surface area (Å²) in [7, 11) is 5.82. The highest BCUT2D eigenvalue weighted by Gasteiger charge is 2.19. The van der Waals surface area contributed by atoms with Crippen LogP contribution in [0.3, 0.4) is 0 Å². The third-order valence-electron chi connectivity index (χ3n) is 3.44. The molecule has 0 bridgehead atoms. The fraction of sp³-hybridized carbons (Fsp3) is 0.429. The second-order valence-electron chi connectivity index (χ2n) is 4.81. The Hall–Kier alpha value is -1.39. The number of nitrogens with zero attached hydrogens (tertiary/aromatic N) is 2. The van der Waals surface area contributed by atoms with Gasteiger partial charge in [0.15, 0.2) is 0 Å². The van der Waals surface area contributed by atoms with E-state index >= 15 is 0 Å². The highest BCUT2D eigenvalue weighted by atomic mass is 16.2. The number of quaternary nitrogens is 1. The molecule has 0 unspecified atom stereocenters. The SMILES string of the molecule is [CH2-][NH+]1CCN(CC(=O)N(C)c2ccccc2)CC1. The molecule has 1 aromatic carbocycles. The number of nitrogens with one attached hydrogen (secondary N) is 1. The van der Waals surface area contributed by atoms with Crippen molar-refractivity contribution in [1.29, 1.82) is 0 Å². The Morgan fingerprint density at radius 2 is 1.94 bits per heavy atom. The van der Waals surface area contributed by atoms with Crippen molar-refractivity contribution in [3.05, 3.63) is 37.4 Å². The Morgan fingerprint density at radius 3 is 2.56 bits per heavy atom. The van der Waals surface area contributed by atoms with Crippen LogP contribution in [0.5, 0.6) is 0 Å². The molecule has 1 saturated heterocycles. The van der Waals surface area contributed by atoms with E-state index in [1.807, 2.05) is 37.4 Å². The second-order valence-corrected chi connectivity index (χ2v) is 4.81. The van der Waals surface area contributed by atoms with Crippen LogP contribution in [0.25, 0.3) is 0 Å². The molecule has 1 aliphatic heterocycles. The summed E-state index contributed by atoms with van der Waals surface area (Å²) in [6, 6.07) is 9.76. The topological polar surface area (TPSA) is 28.0 Å². The van der Waals surface area contributed by atoms with Gasteiger partial charge >= 0.3 is 0 Å². The molecule has 0 aromatic heterocycles. The predicted octanol–water partition coefficient (Wildman–Crippen LogP) is -0.359. The minimum Gasteiger partial charge on any atom is -0.466 e. The number of rotatable bonds is 3. The summed E-state index contributed by atoms with van der Waals surface area (Å²) >= 11 is 0. The standard InChI is InChI=1S/C14H21N3O/c1-15-8-10-17(11-9-15)12-14(18)16(2)13-6-4-3-5-7-13/h3-7,15H,1,8-12H2,2H3. The summed E-state index contributed by atoms with van der Waals surface area (Å²) in [5.74, 6) is 0.147. The van der Waals surface area contributed by atoms with E-state index in [-0.39, 0.29) is 5.91 Å². The van der Waals surface area contributed by atoms with E-state index in [1.165, 1.54) is 4.90 Å². The van der Waals surface area contributed by atoms with Gasteiger partial charge in [0.2, 0.25) is 5.91 Å². The number of hydrogen-bond donors (Lipinski definition) is 1. The van der Waals surface area contributed by atoms with E-state index in [0.29, 0.717) is 6.54 Å². The van der Waals surface area contributed by atoms with E-state index in [1.54, 1.807) is 4.90 Å². The summed E-state index contributed by atoms with van der Waals surface area (Å²) < 4.78 is 0. The maximum Gasteiger partial charge on any atom is 0.240 e. The number of carbonyl (C=O) groups excluding carboxylic acids is 1. The highest BCUT2D eigenvalue weighted by molar-refractivity contribution is 5.94. The summed E-state index contributed by atoms with van der Waals surface area (Å²) in [5.41, 5.74) is 0.948. The molecule has 0 radical (unpaired) electrons. The van der Waals surface area contributed by atoms with Crippen LogP contribution in [-0.2, 0) is 4.79 Å². The number of hydrogen-bond acceptors (Lipinski definition) is 2. The van der Waals surface area contributed by atoms with Crippen molar-refractivity contribution >= 4 is 11.6 Å². The number of carbonyl (C=O) groups is 1. The van der Waals surface area contributed by atoms with Gasteiger partial charge in [-0.3, -0.25) is 9.69 Å². The average molecular weight is 247 g/mol. The Morgan fingerprint density at radius 1 is 1.33 bits per heavy atom. The third-order valence-corrected chi connectivity index (χ3v) is 3.44. The normalized spacial score (nSPS) is 17.7. The minimum absolute atomic E-state index is 0.147. The molecule has 0 saturated carbocycles. The van der Waals surface area contributed by atoms with E-state index in [0.717, 1.165) is 31.9 Å². The molecule has 4 heteroatoms. The summed E-state index contributed by atoms with van der Waals surface area (Å²) in [6.45, 7) is 4.43. The van der Waals surface area contributed by atoms with E-state index < -0.39 is 0 Å². The van der Waals surface area contributed by atoms with Crippen molar-refractivity contribution in [2.24, 2.45) is 0 Å². The van der Waals surface area contributed by atoms with Gasteiger partial charge in [0.05, 0.1) is 19.6 Å². The van der Waals surface area contributed by atoms with E-state index in [9.17, 15) is 4.79 Å². The monoisotopic (exact) mass is 247 g/mol. The molecular formula is C14H21N3O. The molecule has 0 atom stereocenters. The van der Waals surface area contributed by atoms with Crippen LogP contribution in [0.15, 0.2) is 30.3 Å². The number of para-hydroxylation sites is 1. The number of amides is 1. The summed E-state index contributed by atoms with van der Waals surface area (Å²) in [4.78, 5) is 17.4. The first kappa shape index (κ1) is 13.1. The van der Waals surface area contributed by atoms with Gasteiger partial charge < -0.3 is 9.80 Å². The maximum atomic E-state index is 12.2. The zero-order valence-corrected chi connectivity index (χ0v) is 10.9. The lowest BCUT2D eigenvalue weighted by atomic mass is 10.3. The van der Waals surface area contributed by atoms with Crippen molar-refractivity contribution in [3.63, 3.8) is 0 Å². The zero-order chi connectivity index (χ0) is 13.0. The summed E-state index contributed by atoms with van der Waals surface area (Å²) in [5, 5.41) is 0. The molecule has 0 aliphatic carbocycles. The van der Waals surface area contributed by atoms with Crippen molar-refractivity contribution in [2.45, 2.75) is 0 Å². The molecule has 1 fully saturated rings. The van der Waals surface area contributed by atoms with Crippen LogP contribution in [0, 0.1) is 7.05 Å². The van der Waals surface area contributed by atoms with Gasteiger partial charge in [-0.15, -0.1) is 0 Å². The lowest BCUT2D eigenvalue weighted by molar-refractivity contribution is -0.858. The Labute approximate surface area is 109 Å². The lowest BCUT2D eigenvalue weighted by Gasteiger charge is -2.34. The molecule has 1 aliphatic rings. The van der Waals surface area contributed by atoms with Crippen LogP contribution in [0.2, 0.25) is 0 Å². The van der Waals surface area contributed by atoms with Gasteiger partial charge in [0.1, 0.15) is 0 Å². The van der Waals surface area contributed by atoms with Crippen molar-refractivity contribution in [3.8, 4) is 0 Å². The summed E-state index contributed by atoms with van der Waals surface area (Å²) in [6.07, 6.45) is 0. The first-order valence-corrected chi connectivity index (χ1v) is 6.37. The molecule has 18 heavy (non-hydrogen) atoms. The molecule has 4 nitrogen and oxygen atoms in total. The highest BCUT2D eigenvalue weighted by Crippen LogP contribution is 2.11. The number of anilines is 1. The fourth-order valence-corrected chi connectivity index (χ4v) is 2.12. The van der Waals surface area contributed by atoms with Gasteiger partial charge in [0, 0.05) is 25.8 Å². The van der Waals surface area contributed by atoms with Gasteiger partial charge in [-0.1, -0.05) is 18.2 Å². The Bertz CT molecular complexity index is 385. The first-order chi connectivity index (χ1) is 8.66. The smallest absolute Gasteiger partial charge is 0.240 e. The van der Waals surface area contributed by atoms with Gasteiger partial charge in [-0.25, -0.2) is 0 Å². The predicted molar refractivity (Wildman–Crippen MR) is 72.3 cm³/mol. The molecule has 1 amide bonds. The Balaban J connectivity index is 1.88. The van der Waals surface area contributed by atoms with Gasteiger partial charge in [0.25, 0.3) is 0 Å². The van der Waals surface area contributed by atoms with Crippen LogP contribution in [-0.4, -0.2) is 50.6 Å². The molecule has 1 heterocycles. The third kappa shape index (κ3) is 3.31. The van der Waals surface area contributed by atoms with Crippen LogP contribution in [0.1, 0.15) is 0 Å².